The number of likely N-dealkylation sites (tertiary alicyclic amines) is 2. The third-order valence-electron chi connectivity index (χ3n) is 15.0. The van der Waals surface area contributed by atoms with Crippen molar-refractivity contribution in [1.82, 2.24) is 52.3 Å². The highest BCUT2D eigenvalue weighted by Gasteiger charge is 2.44. The van der Waals surface area contributed by atoms with E-state index in [1.54, 1.807) is 74.5 Å². The van der Waals surface area contributed by atoms with Crippen molar-refractivity contribution < 1.29 is 73.2 Å². The minimum Gasteiger partial charge on any atom is -0.508 e. The Labute approximate surface area is 502 Å². The largest absolute Gasteiger partial charge is 0.508 e. The third-order valence-corrected chi connectivity index (χ3v) is 15.0. The van der Waals surface area contributed by atoms with Gasteiger partial charge in [0.25, 0.3) is 0 Å². The Hall–Kier alpha value is -9.18. The number of hydrogen-bond acceptors (Lipinski definition) is 15. The zero-order valence-corrected chi connectivity index (χ0v) is 48.5. The van der Waals surface area contributed by atoms with Crippen molar-refractivity contribution in [2.24, 2.45) is 22.4 Å². The number of carboxylic acids is 1. The van der Waals surface area contributed by atoms with Crippen molar-refractivity contribution in [3.05, 3.63) is 102 Å². The number of aliphatic carboxylic acids is 1. The molecular weight excluding hydrogens is 1130 g/mol. The molecule has 6 rings (SSSR count). The van der Waals surface area contributed by atoms with E-state index in [0.29, 0.717) is 23.1 Å². The zero-order valence-electron chi connectivity index (χ0n) is 48.5. The Kier molecular flexibility index (Phi) is 24.9. The monoisotopic (exact) mass is 1210 g/mol. The van der Waals surface area contributed by atoms with Gasteiger partial charge < -0.3 is 84.2 Å². The van der Waals surface area contributed by atoms with E-state index in [0.717, 1.165) is 4.90 Å². The molecule has 0 spiro atoms. The SMILES string of the molecule is CC(C)C[C@H](NC(=O)[C@@H](Cc1ccccc1)NC(=O)[C@H](Cc1ccc(O)cc1)NC(=O)[C@H](CO)NC(=O)[C@@H]1C[C@@H](O)CN1C(=O)[C@@H](Cc1ccccc1)NC(=O)[C@@H]1CCC(=O)N1)C(=O)N[C@@H](CCCN=C(N)N)C(=O)N1CCC[C@H]1C(=O)NCC(=O)O. The fourth-order valence-electron chi connectivity index (χ4n) is 10.6. The molecule has 0 unspecified atom stereocenters. The first kappa shape index (κ1) is 67.0. The number of benzene rings is 3. The number of aliphatic hydroxyl groups excluding tert-OH is 2. The molecule has 0 aliphatic carbocycles. The number of nitrogens with zero attached hydrogens (tertiary/aromatic N) is 3. The summed E-state index contributed by atoms with van der Waals surface area (Å²) in [5.41, 5.74) is 12.7. The van der Waals surface area contributed by atoms with Crippen LogP contribution in [0, 0.1) is 5.92 Å². The Balaban J connectivity index is 1.22. The molecule has 3 aliphatic rings. The summed E-state index contributed by atoms with van der Waals surface area (Å²) in [4.78, 5) is 157. The van der Waals surface area contributed by atoms with Crippen molar-refractivity contribution in [3.63, 3.8) is 0 Å². The van der Waals surface area contributed by atoms with E-state index in [1.807, 2.05) is 0 Å². The van der Waals surface area contributed by atoms with E-state index in [2.05, 4.69) is 47.5 Å². The van der Waals surface area contributed by atoms with Crippen LogP contribution < -0.4 is 54.0 Å². The lowest BCUT2D eigenvalue weighted by molar-refractivity contribution is -0.143. The molecule has 10 amide bonds. The molecule has 470 valence electrons. The number of nitrogens with two attached hydrogens (primary N) is 2. The maximum atomic E-state index is 14.8. The lowest BCUT2D eigenvalue weighted by atomic mass is 9.99. The summed E-state index contributed by atoms with van der Waals surface area (Å²) in [6, 6.07) is 10.8. The highest BCUT2D eigenvalue weighted by atomic mass is 16.4. The number of β-amino-alcohol motifs (C(OH)–C–C–N with tert-alkyl or cyclic N) is 1. The van der Waals surface area contributed by atoms with Gasteiger partial charge in [-0.25, -0.2) is 0 Å². The van der Waals surface area contributed by atoms with Crippen LogP contribution in [0.1, 0.15) is 81.9 Å². The fraction of sp³-hybridized carbons (Fsp3) is 0.492. The standard InChI is InChI=1S/C59H79N13O15/c1-33(2)25-41(51(80)65-40(15-9-23-62-59(60)61)57(86)71-24-10-16-46(71)55(84)63-30-49(77)78)66-52(81)42(26-34-11-5-3-6-12-34)67-53(82)43(27-36-17-19-37(74)20-18-36)68-54(83)45(32-73)70-56(85)47-29-38(75)31-72(47)58(87)44(28-35-13-7-4-8-14-35)69-50(79)39-21-22-48(76)64-39/h3-8,11-14,17-20,33,38-47,73-75H,9-10,15-16,21-32H2,1-2H3,(H,63,84)(H,64,76)(H,65,80)(H,66,81)(H,67,82)(H,68,83)(H,69,79)(H,70,85)(H,77,78)(H4,60,61,62)/t38-,39+,40+,41+,42-,43+,44-,45+,46+,47+/m1/s1. The summed E-state index contributed by atoms with van der Waals surface area (Å²) in [6.45, 7) is 1.71. The van der Waals surface area contributed by atoms with Gasteiger partial charge in [-0.2, -0.15) is 0 Å². The van der Waals surface area contributed by atoms with Crippen molar-refractivity contribution in [1.29, 1.82) is 0 Å². The molecule has 3 aromatic carbocycles. The van der Waals surface area contributed by atoms with Crippen LogP contribution in [0.15, 0.2) is 89.9 Å². The van der Waals surface area contributed by atoms with Crippen molar-refractivity contribution in [2.45, 2.75) is 145 Å². The molecular formula is C59H79N13O15. The number of amides is 10. The number of phenols is 1. The number of nitrogens with one attached hydrogen (secondary N) is 8. The van der Waals surface area contributed by atoms with Gasteiger partial charge in [0.15, 0.2) is 5.96 Å². The van der Waals surface area contributed by atoms with Gasteiger partial charge in [-0.3, -0.25) is 57.7 Å². The summed E-state index contributed by atoms with van der Waals surface area (Å²) in [7, 11) is 0. The molecule has 0 bridgehead atoms. The minimum atomic E-state index is -1.78. The third kappa shape index (κ3) is 20.2. The van der Waals surface area contributed by atoms with Crippen LogP contribution in [0.2, 0.25) is 0 Å². The lowest BCUT2D eigenvalue weighted by Crippen LogP contribution is -2.61. The first-order valence-electron chi connectivity index (χ1n) is 28.9. The van der Waals surface area contributed by atoms with Crippen LogP contribution in [-0.4, -0.2) is 194 Å². The number of carboxylic acid groups (broad SMARTS) is 1. The van der Waals surface area contributed by atoms with Gasteiger partial charge in [-0.15, -0.1) is 0 Å². The molecule has 16 N–H and O–H groups in total. The van der Waals surface area contributed by atoms with Crippen molar-refractivity contribution in [2.75, 3.05) is 32.8 Å². The van der Waals surface area contributed by atoms with Gasteiger partial charge in [0.05, 0.1) is 12.7 Å². The Morgan fingerprint density at radius 3 is 1.72 bits per heavy atom. The van der Waals surface area contributed by atoms with Gasteiger partial charge >= 0.3 is 5.97 Å². The fourth-order valence-corrected chi connectivity index (χ4v) is 10.6. The first-order valence-corrected chi connectivity index (χ1v) is 28.9. The highest BCUT2D eigenvalue weighted by Crippen LogP contribution is 2.23. The quantitative estimate of drug-likeness (QED) is 0.0178. The average molecular weight is 1210 g/mol. The number of hydrogen-bond donors (Lipinski definition) is 14. The molecule has 10 atom stereocenters. The highest BCUT2D eigenvalue weighted by molar-refractivity contribution is 5.99. The van der Waals surface area contributed by atoms with Crippen LogP contribution in [0.3, 0.4) is 0 Å². The van der Waals surface area contributed by atoms with E-state index in [1.165, 1.54) is 29.2 Å². The molecule has 0 radical (unpaired) electrons. The second-order valence-corrected chi connectivity index (χ2v) is 22.2. The average Bonchev–Trinajstić information content (AvgIpc) is 2.39. The summed E-state index contributed by atoms with van der Waals surface area (Å²) >= 11 is 0. The Morgan fingerprint density at radius 2 is 1.17 bits per heavy atom. The Bertz CT molecular complexity index is 2950. The minimum absolute atomic E-state index is 0.0201. The lowest BCUT2D eigenvalue weighted by Gasteiger charge is -2.31. The predicted molar refractivity (Wildman–Crippen MR) is 313 cm³/mol. The van der Waals surface area contributed by atoms with Crippen LogP contribution in [0.5, 0.6) is 5.75 Å². The molecule has 3 saturated heterocycles. The zero-order chi connectivity index (χ0) is 63.3. The van der Waals surface area contributed by atoms with E-state index in [-0.39, 0.29) is 107 Å². The van der Waals surface area contributed by atoms with Crippen LogP contribution in [0.4, 0.5) is 0 Å². The van der Waals surface area contributed by atoms with Gasteiger partial charge in [0.1, 0.15) is 66.7 Å². The number of phenolic OH excluding ortho intramolecular Hbond substituents is 1. The van der Waals surface area contributed by atoms with E-state index >= 15 is 0 Å². The van der Waals surface area contributed by atoms with Gasteiger partial charge in [-0.05, 0) is 73.3 Å². The van der Waals surface area contributed by atoms with Crippen LogP contribution in [0.25, 0.3) is 0 Å². The molecule has 3 aromatic rings. The maximum absolute atomic E-state index is 14.8. The van der Waals surface area contributed by atoms with Crippen LogP contribution in [-0.2, 0) is 72.0 Å². The van der Waals surface area contributed by atoms with E-state index in [9.17, 15) is 68.1 Å². The van der Waals surface area contributed by atoms with Crippen molar-refractivity contribution in [3.8, 4) is 5.75 Å². The topological polar surface area (TPSA) is 436 Å². The molecule has 0 aromatic heterocycles. The van der Waals surface area contributed by atoms with Gasteiger partial charge in [0, 0.05) is 51.7 Å². The molecule has 28 nitrogen and oxygen atoms in total. The molecule has 28 heteroatoms. The summed E-state index contributed by atoms with van der Waals surface area (Å²) in [5.74, 6) is -9.56. The number of aliphatic imine (C=N–C) groups is 1. The van der Waals surface area contributed by atoms with Gasteiger partial charge in [0.2, 0.25) is 59.1 Å². The van der Waals surface area contributed by atoms with Gasteiger partial charge in [-0.1, -0.05) is 86.6 Å². The normalized spacial score (nSPS) is 19.2. The maximum Gasteiger partial charge on any atom is 0.322 e. The van der Waals surface area contributed by atoms with Crippen molar-refractivity contribution >= 4 is 71.0 Å². The smallest absolute Gasteiger partial charge is 0.322 e. The predicted octanol–water partition coefficient (Wildman–Crippen LogP) is -3.15. The molecule has 3 heterocycles. The van der Waals surface area contributed by atoms with E-state index in [4.69, 9.17) is 16.6 Å². The molecule has 87 heavy (non-hydrogen) atoms. The molecule has 3 aliphatic heterocycles. The summed E-state index contributed by atoms with van der Waals surface area (Å²) in [5, 5.41) is 61.6. The number of carbonyl (C=O) groups is 11. The summed E-state index contributed by atoms with van der Waals surface area (Å²) < 4.78 is 0. The first-order chi connectivity index (χ1) is 41.5. The second-order valence-electron chi connectivity index (χ2n) is 22.2. The number of rotatable bonds is 30. The van der Waals surface area contributed by atoms with E-state index < -0.39 is 133 Å². The number of guanidine groups is 1. The number of aliphatic hydroxyl groups is 2. The number of aromatic hydroxyl groups is 1. The van der Waals surface area contributed by atoms with Crippen LogP contribution >= 0.6 is 0 Å². The molecule has 3 fully saturated rings. The molecule has 0 saturated carbocycles. The number of carbonyl (C=O) groups excluding carboxylic acids is 10. The Morgan fingerprint density at radius 1 is 0.644 bits per heavy atom. The second kappa shape index (κ2) is 32.4. The summed E-state index contributed by atoms with van der Waals surface area (Å²) in [6.07, 6.45) is -0.869.